The van der Waals surface area contributed by atoms with Crippen molar-refractivity contribution in [2.75, 3.05) is 26.0 Å². The molecular weight excluding hydrogens is 324 g/mol. The second-order valence-electron chi connectivity index (χ2n) is 5.71. The van der Waals surface area contributed by atoms with E-state index >= 15 is 0 Å². The van der Waals surface area contributed by atoms with E-state index in [1.54, 1.807) is 19.2 Å². The van der Waals surface area contributed by atoms with Crippen molar-refractivity contribution < 1.29 is 9.53 Å². The van der Waals surface area contributed by atoms with Gasteiger partial charge in [0.25, 0.3) is 0 Å². The molecule has 0 fully saturated rings. The molecule has 0 aliphatic carbocycles. The molecule has 0 aromatic heterocycles. The fourth-order valence-corrected chi connectivity index (χ4v) is 2.57. The second kappa shape index (κ2) is 8.71. The maximum absolute atomic E-state index is 12.1. The van der Waals surface area contributed by atoms with Crippen LogP contribution in [0.5, 0.6) is 5.75 Å². The molecule has 0 aliphatic heterocycles. The number of methoxy groups -OCH3 is 1. The van der Waals surface area contributed by atoms with Crippen molar-refractivity contribution in [1.29, 1.82) is 0 Å². The summed E-state index contributed by atoms with van der Waals surface area (Å²) in [5.41, 5.74) is 1.83. The molecule has 0 saturated heterocycles. The van der Waals surface area contributed by atoms with Gasteiger partial charge in [-0.2, -0.15) is 0 Å². The highest BCUT2D eigenvalue weighted by Gasteiger charge is 2.13. The van der Waals surface area contributed by atoms with Crippen molar-refractivity contribution in [3.63, 3.8) is 0 Å². The van der Waals surface area contributed by atoms with E-state index in [-0.39, 0.29) is 11.9 Å². The van der Waals surface area contributed by atoms with Crippen LogP contribution in [0.4, 0.5) is 5.69 Å². The molecule has 1 N–H and O–H groups in total. The van der Waals surface area contributed by atoms with Crippen LogP contribution in [0.3, 0.4) is 0 Å². The minimum atomic E-state index is -0.0446. The number of rotatable bonds is 7. The van der Waals surface area contributed by atoms with E-state index < -0.39 is 0 Å². The number of carbonyl (C=O) groups is 1. The lowest BCUT2D eigenvalue weighted by molar-refractivity contribution is -0.116. The van der Waals surface area contributed by atoms with Crippen molar-refractivity contribution in [3.05, 3.63) is 59.1 Å². The normalized spacial score (nSPS) is 12.0. The molecule has 1 amide bonds. The summed E-state index contributed by atoms with van der Waals surface area (Å²) in [4.78, 5) is 14.2. The van der Waals surface area contributed by atoms with E-state index in [1.807, 2.05) is 43.4 Å². The summed E-state index contributed by atoms with van der Waals surface area (Å²) in [7, 11) is 3.67. The fraction of sp³-hybridized carbons (Fsp3) is 0.316. The quantitative estimate of drug-likeness (QED) is 0.809. The number of nitrogens with one attached hydrogen (secondary N) is 1. The van der Waals surface area contributed by atoms with Crippen LogP contribution in [-0.4, -0.2) is 31.5 Å². The highest BCUT2D eigenvalue weighted by molar-refractivity contribution is 6.33. The Morgan fingerprint density at radius 3 is 2.50 bits per heavy atom. The molecule has 0 radical (unpaired) electrons. The molecule has 0 heterocycles. The third-order valence-electron chi connectivity index (χ3n) is 4.10. The lowest BCUT2D eigenvalue weighted by atomic mass is 10.1. The molecule has 4 nitrogen and oxygen atoms in total. The zero-order valence-corrected chi connectivity index (χ0v) is 15.0. The Morgan fingerprint density at radius 2 is 1.88 bits per heavy atom. The summed E-state index contributed by atoms with van der Waals surface area (Å²) in [5.74, 6) is 0.796. The Bertz CT molecular complexity index is 673. The van der Waals surface area contributed by atoms with Crippen LogP contribution >= 0.6 is 11.6 Å². The summed E-state index contributed by atoms with van der Waals surface area (Å²) in [6.45, 7) is 2.78. The van der Waals surface area contributed by atoms with Gasteiger partial charge in [0, 0.05) is 19.0 Å². The molecule has 0 bridgehead atoms. The first kappa shape index (κ1) is 18.3. The minimum absolute atomic E-state index is 0.0446. The Balaban J connectivity index is 1.86. The number of carbonyl (C=O) groups excluding carboxylic acids is 1. The zero-order valence-electron chi connectivity index (χ0n) is 14.3. The summed E-state index contributed by atoms with van der Waals surface area (Å²) in [6.07, 6.45) is 0.405. The van der Waals surface area contributed by atoms with Crippen molar-refractivity contribution >= 4 is 23.2 Å². The monoisotopic (exact) mass is 346 g/mol. The van der Waals surface area contributed by atoms with Gasteiger partial charge in [-0.25, -0.2) is 0 Å². The maximum Gasteiger partial charge on any atom is 0.225 e. The molecule has 1 unspecified atom stereocenters. The van der Waals surface area contributed by atoms with Gasteiger partial charge in [0.1, 0.15) is 5.75 Å². The number of ether oxygens (including phenoxy) is 1. The van der Waals surface area contributed by atoms with E-state index in [9.17, 15) is 4.79 Å². The van der Waals surface area contributed by atoms with Gasteiger partial charge in [-0.05, 0) is 43.8 Å². The van der Waals surface area contributed by atoms with Gasteiger partial charge in [-0.1, -0.05) is 35.9 Å². The SMILES string of the molecule is COc1ccc(C(C)N(C)CCC(=O)Nc2ccccc2Cl)cc1. The number of benzene rings is 2. The van der Waals surface area contributed by atoms with Gasteiger partial charge in [-0.15, -0.1) is 0 Å². The first-order chi connectivity index (χ1) is 11.5. The highest BCUT2D eigenvalue weighted by atomic mass is 35.5. The van der Waals surface area contributed by atoms with Crippen molar-refractivity contribution in [2.24, 2.45) is 0 Å². The average Bonchev–Trinajstić information content (AvgIpc) is 2.61. The lowest BCUT2D eigenvalue weighted by Crippen LogP contribution is -2.27. The topological polar surface area (TPSA) is 41.6 Å². The van der Waals surface area contributed by atoms with Gasteiger partial charge < -0.3 is 10.1 Å². The highest BCUT2D eigenvalue weighted by Crippen LogP contribution is 2.23. The summed E-state index contributed by atoms with van der Waals surface area (Å²) in [6, 6.07) is 15.4. The Labute approximate surface area is 148 Å². The summed E-state index contributed by atoms with van der Waals surface area (Å²) < 4.78 is 5.18. The average molecular weight is 347 g/mol. The predicted octanol–water partition coefficient (Wildman–Crippen LogP) is 4.37. The number of para-hydroxylation sites is 1. The van der Waals surface area contributed by atoms with Gasteiger partial charge in [0.2, 0.25) is 5.91 Å². The van der Waals surface area contributed by atoms with Crippen LogP contribution in [0.15, 0.2) is 48.5 Å². The first-order valence-electron chi connectivity index (χ1n) is 7.90. The first-order valence-corrected chi connectivity index (χ1v) is 8.27. The van der Waals surface area contributed by atoms with Crippen LogP contribution in [0.2, 0.25) is 5.02 Å². The molecular formula is C19H23ClN2O2. The van der Waals surface area contributed by atoms with E-state index in [1.165, 1.54) is 5.56 Å². The summed E-state index contributed by atoms with van der Waals surface area (Å²) >= 11 is 6.05. The molecule has 0 aliphatic rings. The van der Waals surface area contributed by atoms with Crippen LogP contribution in [0.25, 0.3) is 0 Å². The summed E-state index contributed by atoms with van der Waals surface area (Å²) in [5, 5.41) is 3.39. The number of hydrogen-bond donors (Lipinski definition) is 1. The molecule has 24 heavy (non-hydrogen) atoms. The van der Waals surface area contributed by atoms with Gasteiger partial charge in [0.05, 0.1) is 17.8 Å². The van der Waals surface area contributed by atoms with Crippen molar-refractivity contribution in [3.8, 4) is 5.75 Å². The van der Waals surface area contributed by atoms with E-state index in [0.29, 0.717) is 23.7 Å². The molecule has 5 heteroatoms. The van der Waals surface area contributed by atoms with Gasteiger partial charge in [-0.3, -0.25) is 9.69 Å². The number of nitrogens with zero attached hydrogens (tertiary/aromatic N) is 1. The largest absolute Gasteiger partial charge is 0.497 e. The molecule has 0 saturated carbocycles. The molecule has 2 aromatic rings. The third-order valence-corrected chi connectivity index (χ3v) is 4.43. The van der Waals surface area contributed by atoms with Crippen LogP contribution < -0.4 is 10.1 Å². The minimum Gasteiger partial charge on any atom is -0.497 e. The van der Waals surface area contributed by atoms with E-state index in [0.717, 1.165) is 5.75 Å². The lowest BCUT2D eigenvalue weighted by Gasteiger charge is -2.25. The fourth-order valence-electron chi connectivity index (χ4n) is 2.38. The third kappa shape index (κ3) is 4.98. The molecule has 2 rings (SSSR count). The second-order valence-corrected chi connectivity index (χ2v) is 6.11. The Hall–Kier alpha value is -2.04. The Morgan fingerprint density at radius 1 is 1.21 bits per heavy atom. The number of hydrogen-bond acceptors (Lipinski definition) is 3. The molecule has 128 valence electrons. The van der Waals surface area contributed by atoms with Gasteiger partial charge in [0.15, 0.2) is 0 Å². The number of amides is 1. The van der Waals surface area contributed by atoms with E-state index in [4.69, 9.17) is 16.3 Å². The zero-order chi connectivity index (χ0) is 17.5. The van der Waals surface area contributed by atoms with Crippen LogP contribution in [0, 0.1) is 0 Å². The number of halogens is 1. The number of anilines is 1. The molecule has 1 atom stereocenters. The Kier molecular flexibility index (Phi) is 6.64. The van der Waals surface area contributed by atoms with Gasteiger partial charge >= 0.3 is 0 Å². The predicted molar refractivity (Wildman–Crippen MR) is 98.7 cm³/mol. The standard InChI is InChI=1S/C19H23ClN2O2/c1-14(15-8-10-16(24-3)11-9-15)22(2)13-12-19(23)21-18-7-5-4-6-17(18)20/h4-11,14H,12-13H2,1-3H3,(H,21,23). The molecule has 0 spiro atoms. The van der Waals surface area contributed by atoms with E-state index in [2.05, 4.69) is 17.1 Å². The molecule has 2 aromatic carbocycles. The maximum atomic E-state index is 12.1. The van der Waals surface area contributed by atoms with Crippen molar-refractivity contribution in [1.82, 2.24) is 4.90 Å². The van der Waals surface area contributed by atoms with Crippen molar-refractivity contribution in [2.45, 2.75) is 19.4 Å². The smallest absolute Gasteiger partial charge is 0.225 e. The van der Waals surface area contributed by atoms with Crippen LogP contribution in [-0.2, 0) is 4.79 Å². The van der Waals surface area contributed by atoms with Crippen LogP contribution in [0.1, 0.15) is 24.9 Å².